The number of aliphatic imine (C=N–C) groups is 1. The van der Waals surface area contributed by atoms with Gasteiger partial charge in [-0.2, -0.15) is 0 Å². The number of hydrogen-bond donors (Lipinski definition) is 1. The number of rotatable bonds is 1. The molecule has 21 heavy (non-hydrogen) atoms. The molecule has 1 unspecified atom stereocenters. The van der Waals surface area contributed by atoms with Crippen LogP contribution < -0.4 is 5.48 Å². The number of pyridine rings is 1. The van der Waals surface area contributed by atoms with Crippen molar-refractivity contribution >= 4 is 27.4 Å². The van der Waals surface area contributed by atoms with Gasteiger partial charge in [-0.3, -0.25) is 9.88 Å². The van der Waals surface area contributed by atoms with Crippen LogP contribution in [0.3, 0.4) is 0 Å². The topological polar surface area (TPSA) is 49.8 Å². The number of hydrogen-bond acceptors (Lipinski definition) is 6. The minimum Gasteiger partial charge on any atom is -0.298 e. The van der Waals surface area contributed by atoms with Gasteiger partial charge in [-0.25, -0.2) is 15.3 Å². The first kappa shape index (κ1) is 12.1. The first-order valence-corrected chi connectivity index (χ1v) is 8.25. The first-order valence-electron chi connectivity index (χ1n) is 7.44. The van der Waals surface area contributed by atoms with E-state index in [1.54, 1.807) is 11.3 Å². The molecule has 0 saturated carbocycles. The highest BCUT2D eigenvalue weighted by Crippen LogP contribution is 2.41. The zero-order chi connectivity index (χ0) is 13.9. The van der Waals surface area contributed by atoms with Crippen molar-refractivity contribution in [3.63, 3.8) is 0 Å². The molecule has 3 fully saturated rings. The highest BCUT2D eigenvalue weighted by molar-refractivity contribution is 7.20. The molecule has 3 saturated heterocycles. The van der Waals surface area contributed by atoms with Crippen LogP contribution in [0.2, 0.25) is 0 Å². The molecule has 2 bridgehead atoms. The fourth-order valence-electron chi connectivity index (χ4n) is 3.70. The zero-order valence-electron chi connectivity index (χ0n) is 11.6. The fourth-order valence-corrected chi connectivity index (χ4v) is 4.65. The minimum absolute atomic E-state index is 0.366. The molecule has 1 atom stereocenters. The average Bonchev–Trinajstić information content (AvgIpc) is 3.13. The Bertz CT molecular complexity index is 701. The van der Waals surface area contributed by atoms with Crippen LogP contribution in [0.1, 0.15) is 17.7 Å². The van der Waals surface area contributed by atoms with Crippen molar-refractivity contribution in [1.82, 2.24) is 15.4 Å². The lowest BCUT2D eigenvalue weighted by Gasteiger charge is -2.47. The maximum Gasteiger partial charge on any atom is 0.202 e. The summed E-state index contributed by atoms with van der Waals surface area (Å²) in [6.45, 7) is 3.29. The number of hydroxylamine groups is 1. The second-order valence-corrected chi connectivity index (χ2v) is 7.14. The van der Waals surface area contributed by atoms with E-state index in [4.69, 9.17) is 9.83 Å². The highest BCUT2D eigenvalue weighted by Gasteiger charge is 2.51. The van der Waals surface area contributed by atoms with Crippen LogP contribution in [0.15, 0.2) is 29.4 Å². The fraction of sp³-hybridized carbons (Fsp3) is 0.467. The van der Waals surface area contributed by atoms with Crippen molar-refractivity contribution in [2.45, 2.75) is 18.6 Å². The van der Waals surface area contributed by atoms with Crippen LogP contribution in [-0.4, -0.2) is 41.1 Å². The van der Waals surface area contributed by atoms with Crippen molar-refractivity contribution < 1.29 is 4.84 Å². The number of thiophene rings is 1. The summed E-state index contributed by atoms with van der Waals surface area (Å²) in [5.74, 6) is 1.41. The molecule has 0 aromatic carbocycles. The van der Waals surface area contributed by atoms with Gasteiger partial charge in [0.2, 0.25) is 5.72 Å². The van der Waals surface area contributed by atoms with E-state index >= 15 is 0 Å². The van der Waals surface area contributed by atoms with Gasteiger partial charge in [-0.15, -0.1) is 11.3 Å². The second-order valence-electron chi connectivity index (χ2n) is 6.06. The predicted molar refractivity (Wildman–Crippen MR) is 82.3 cm³/mol. The van der Waals surface area contributed by atoms with Gasteiger partial charge >= 0.3 is 0 Å². The van der Waals surface area contributed by atoms with Crippen LogP contribution in [0.25, 0.3) is 10.2 Å². The zero-order valence-corrected chi connectivity index (χ0v) is 12.4. The Balaban J connectivity index is 1.54. The highest BCUT2D eigenvalue weighted by atomic mass is 32.1. The standard InChI is InChI=1S/C15H16N4OS/c1-2-12-11(16-5-1)8-13(21-12)14-17-15(20-18-14)9-19-6-3-10(15)4-7-19/h1-2,5,8,10H,3-4,6-7,9H2,(H,17,18). The van der Waals surface area contributed by atoms with Crippen LogP contribution >= 0.6 is 11.3 Å². The largest absolute Gasteiger partial charge is 0.298 e. The quantitative estimate of drug-likeness (QED) is 0.875. The van der Waals surface area contributed by atoms with Gasteiger partial charge in [0, 0.05) is 12.1 Å². The number of amidine groups is 1. The minimum atomic E-state index is -0.366. The van der Waals surface area contributed by atoms with Gasteiger partial charge in [-0.1, -0.05) is 0 Å². The molecule has 0 radical (unpaired) electrons. The second kappa shape index (κ2) is 4.25. The molecule has 6 heteroatoms. The molecule has 2 aromatic heterocycles. The van der Waals surface area contributed by atoms with E-state index in [-0.39, 0.29) is 5.72 Å². The third kappa shape index (κ3) is 1.76. The Morgan fingerprint density at radius 1 is 1.38 bits per heavy atom. The van der Waals surface area contributed by atoms with Gasteiger partial charge in [-0.05, 0) is 44.1 Å². The summed E-state index contributed by atoms with van der Waals surface area (Å²) in [5.41, 5.74) is 3.74. The molecule has 4 aliphatic heterocycles. The van der Waals surface area contributed by atoms with Gasteiger partial charge in [0.05, 0.1) is 21.6 Å². The lowest BCUT2D eigenvalue weighted by atomic mass is 9.81. The summed E-state index contributed by atoms with van der Waals surface area (Å²) >= 11 is 1.71. The van der Waals surface area contributed by atoms with Crippen molar-refractivity contribution in [2.24, 2.45) is 10.9 Å². The summed E-state index contributed by atoms with van der Waals surface area (Å²) in [5, 5.41) is 0. The summed E-state index contributed by atoms with van der Waals surface area (Å²) in [6.07, 6.45) is 4.20. The molecule has 0 aliphatic carbocycles. The van der Waals surface area contributed by atoms with E-state index < -0.39 is 0 Å². The van der Waals surface area contributed by atoms with Crippen molar-refractivity contribution in [3.8, 4) is 0 Å². The van der Waals surface area contributed by atoms with Gasteiger partial charge in [0.25, 0.3) is 0 Å². The van der Waals surface area contributed by atoms with E-state index in [1.165, 1.54) is 30.6 Å². The lowest BCUT2D eigenvalue weighted by Crippen LogP contribution is -2.58. The summed E-state index contributed by atoms with van der Waals surface area (Å²) in [4.78, 5) is 18.9. The van der Waals surface area contributed by atoms with Crippen LogP contribution in [-0.2, 0) is 4.84 Å². The smallest absolute Gasteiger partial charge is 0.202 e. The van der Waals surface area contributed by atoms with E-state index in [1.807, 2.05) is 12.3 Å². The number of piperidine rings is 3. The maximum atomic E-state index is 5.97. The maximum absolute atomic E-state index is 5.97. The summed E-state index contributed by atoms with van der Waals surface area (Å²) in [6, 6.07) is 6.16. The third-order valence-electron chi connectivity index (χ3n) is 4.82. The number of aromatic nitrogens is 1. The molecule has 1 N–H and O–H groups in total. The van der Waals surface area contributed by atoms with Gasteiger partial charge < -0.3 is 0 Å². The van der Waals surface area contributed by atoms with Crippen LogP contribution in [0.4, 0.5) is 0 Å². The Hall–Kier alpha value is -1.50. The van der Waals surface area contributed by atoms with E-state index in [2.05, 4.69) is 27.5 Å². The molecule has 6 heterocycles. The third-order valence-corrected chi connectivity index (χ3v) is 5.92. The molecule has 6 rings (SSSR count). The number of fused-ring (bicyclic) bond motifs is 3. The molecule has 108 valence electrons. The molecule has 1 spiro atoms. The summed E-state index contributed by atoms with van der Waals surface area (Å²) < 4.78 is 1.19. The molecular weight excluding hydrogens is 284 g/mol. The number of nitrogens with one attached hydrogen (secondary N) is 1. The van der Waals surface area contributed by atoms with Crippen LogP contribution in [0, 0.1) is 5.92 Å². The molecule has 0 amide bonds. The van der Waals surface area contributed by atoms with E-state index in [0.29, 0.717) is 5.92 Å². The van der Waals surface area contributed by atoms with E-state index in [9.17, 15) is 0 Å². The van der Waals surface area contributed by atoms with Crippen molar-refractivity contribution in [1.29, 1.82) is 0 Å². The Morgan fingerprint density at radius 3 is 3.05 bits per heavy atom. The number of nitrogens with zero attached hydrogens (tertiary/aromatic N) is 3. The summed E-state index contributed by atoms with van der Waals surface area (Å²) in [7, 11) is 0. The van der Waals surface area contributed by atoms with Gasteiger partial charge in [0.1, 0.15) is 0 Å². The Morgan fingerprint density at radius 2 is 2.29 bits per heavy atom. The molecule has 4 aliphatic rings. The Labute approximate surface area is 126 Å². The SMILES string of the molecule is c1cnc2cc(C3=NC4(CN5CCC4CC5)ON3)sc2c1. The first-order chi connectivity index (χ1) is 10.3. The van der Waals surface area contributed by atoms with Crippen molar-refractivity contribution in [2.75, 3.05) is 19.6 Å². The Kier molecular flexibility index (Phi) is 2.45. The lowest BCUT2D eigenvalue weighted by molar-refractivity contribution is -0.155. The van der Waals surface area contributed by atoms with E-state index in [0.717, 1.165) is 22.8 Å². The predicted octanol–water partition coefficient (Wildman–Crippen LogP) is 2.00. The average molecular weight is 300 g/mol. The van der Waals surface area contributed by atoms with Gasteiger partial charge in [0.15, 0.2) is 5.84 Å². The molecular formula is C15H16N4OS. The van der Waals surface area contributed by atoms with Crippen molar-refractivity contribution in [3.05, 3.63) is 29.3 Å². The molecule has 5 nitrogen and oxygen atoms in total. The normalized spacial score (nSPS) is 34.4. The van der Waals surface area contributed by atoms with Crippen LogP contribution in [0.5, 0.6) is 0 Å². The monoisotopic (exact) mass is 300 g/mol. The molecule has 2 aromatic rings.